The van der Waals surface area contributed by atoms with E-state index in [-0.39, 0.29) is 27.4 Å². The van der Waals surface area contributed by atoms with Crippen LogP contribution in [0.3, 0.4) is 0 Å². The summed E-state index contributed by atoms with van der Waals surface area (Å²) < 4.78 is 12.1. The summed E-state index contributed by atoms with van der Waals surface area (Å²) in [7, 11) is 1.48. The number of halogens is 2. The molecule has 1 aliphatic rings. The van der Waals surface area contributed by atoms with Crippen LogP contribution in [-0.4, -0.2) is 40.8 Å². The normalized spacial score (nSPS) is 13.9. The average Bonchev–Trinajstić information content (AvgIpc) is 3.17. The van der Waals surface area contributed by atoms with Crippen LogP contribution in [0, 0.1) is 20.8 Å². The lowest BCUT2D eigenvalue weighted by molar-refractivity contribution is -0.123. The van der Waals surface area contributed by atoms with Gasteiger partial charge >= 0.3 is 0 Å². The number of aryl methyl sites for hydroxylation is 3. The smallest absolute Gasteiger partial charge is 0.285 e. The fourth-order valence-corrected chi connectivity index (χ4v) is 5.84. The molecule has 0 aromatic heterocycles. The third-order valence-corrected chi connectivity index (χ3v) is 8.35. The minimum Gasteiger partial charge on any atom is -0.493 e. The third kappa shape index (κ3) is 7.28. The van der Waals surface area contributed by atoms with Crippen molar-refractivity contribution in [2.45, 2.75) is 20.8 Å². The van der Waals surface area contributed by atoms with E-state index in [1.165, 1.54) is 7.11 Å². The van der Waals surface area contributed by atoms with Gasteiger partial charge in [0.15, 0.2) is 22.4 Å². The summed E-state index contributed by atoms with van der Waals surface area (Å²) in [5.41, 5.74) is 7.10. The Morgan fingerprint density at radius 3 is 2.51 bits per heavy atom. The largest absolute Gasteiger partial charge is 0.493 e. The molecule has 0 saturated carbocycles. The maximum Gasteiger partial charge on any atom is 0.285 e. The second kappa shape index (κ2) is 13.1. The Labute approximate surface area is 260 Å². The molecule has 0 atom stereocenters. The molecule has 3 aromatic carbocycles. The monoisotopic (exact) mass is 673 g/mol. The van der Waals surface area contributed by atoms with E-state index in [0.717, 1.165) is 37.9 Å². The minimum absolute atomic E-state index is 0.172. The van der Waals surface area contributed by atoms with Gasteiger partial charge in [-0.25, -0.2) is 0 Å². The Hall–Kier alpha value is -3.38. The number of nitrogens with zero attached hydrogens (tertiary/aromatic N) is 1. The maximum absolute atomic E-state index is 13.0. The Morgan fingerprint density at radius 2 is 1.80 bits per heavy atom. The number of thioether (sulfide) groups is 1. The molecule has 4 rings (SSSR count). The van der Waals surface area contributed by atoms with E-state index in [2.05, 4.69) is 26.7 Å². The second-order valence-electron chi connectivity index (χ2n) is 9.10. The van der Waals surface area contributed by atoms with Gasteiger partial charge in [-0.1, -0.05) is 35.5 Å². The van der Waals surface area contributed by atoms with Crippen LogP contribution in [0.25, 0.3) is 6.08 Å². The Balaban J connectivity index is 1.42. The molecule has 0 unspecified atom stereocenters. The van der Waals surface area contributed by atoms with Crippen LogP contribution in [0.5, 0.6) is 11.5 Å². The summed E-state index contributed by atoms with van der Waals surface area (Å²) in [5.74, 6) is -0.641. The van der Waals surface area contributed by atoms with Gasteiger partial charge in [-0.15, -0.1) is 0 Å². The fraction of sp³-hybridized carbons (Fsp3) is 0.172. The maximum atomic E-state index is 13.0. The number of carbonyl (C=O) groups is 3. The van der Waals surface area contributed by atoms with Gasteiger partial charge in [0.05, 0.1) is 28.3 Å². The number of nitrogens with one attached hydrogen (secondary N) is 2. The summed E-state index contributed by atoms with van der Waals surface area (Å²) in [4.78, 5) is 38.6. The van der Waals surface area contributed by atoms with Crippen LogP contribution in [0.1, 0.15) is 32.6 Å². The van der Waals surface area contributed by atoms with Crippen molar-refractivity contribution >= 4 is 85.3 Å². The van der Waals surface area contributed by atoms with Crippen molar-refractivity contribution in [3.63, 3.8) is 0 Å². The first-order chi connectivity index (χ1) is 19.5. The van der Waals surface area contributed by atoms with Gasteiger partial charge in [-0.3, -0.25) is 19.8 Å². The Bertz CT molecular complexity index is 1610. The average molecular weight is 675 g/mol. The van der Waals surface area contributed by atoms with Crippen molar-refractivity contribution in [3.05, 3.63) is 90.7 Å². The zero-order valence-corrected chi connectivity index (χ0v) is 26.4. The van der Waals surface area contributed by atoms with Crippen molar-refractivity contribution in [3.8, 4) is 11.5 Å². The molecule has 0 bridgehead atoms. The molecule has 0 radical (unpaired) electrons. The highest BCUT2D eigenvalue weighted by molar-refractivity contribution is 9.10. The first-order valence-corrected chi connectivity index (χ1v) is 14.6. The van der Waals surface area contributed by atoms with Crippen LogP contribution < -0.4 is 20.2 Å². The number of hydrogen-bond donors (Lipinski definition) is 2. The lowest BCUT2D eigenvalue weighted by Crippen LogP contribution is -2.44. The lowest BCUT2D eigenvalue weighted by atomic mass is 10.1. The van der Waals surface area contributed by atoms with Crippen molar-refractivity contribution in [2.24, 2.45) is 0 Å². The molecule has 212 valence electrons. The quantitative estimate of drug-likeness (QED) is 0.205. The number of methoxy groups -OCH3 is 1. The summed E-state index contributed by atoms with van der Waals surface area (Å²) in [6.45, 7) is 5.58. The van der Waals surface area contributed by atoms with Gasteiger partial charge in [0.1, 0.15) is 0 Å². The zero-order valence-electron chi connectivity index (χ0n) is 22.5. The fourth-order valence-electron chi connectivity index (χ4n) is 3.78. The molecule has 12 heteroatoms. The van der Waals surface area contributed by atoms with Crippen LogP contribution in [0.15, 0.2) is 57.9 Å². The molecule has 1 aliphatic heterocycles. The first kappa shape index (κ1) is 30.6. The molecule has 0 aliphatic carbocycles. The molecule has 1 heterocycles. The van der Waals surface area contributed by atoms with Crippen LogP contribution in [0.2, 0.25) is 5.02 Å². The van der Waals surface area contributed by atoms with Crippen molar-refractivity contribution in [2.75, 3.05) is 19.0 Å². The van der Waals surface area contributed by atoms with E-state index in [0.29, 0.717) is 27.7 Å². The van der Waals surface area contributed by atoms with Crippen molar-refractivity contribution in [1.29, 1.82) is 0 Å². The van der Waals surface area contributed by atoms with Gasteiger partial charge in [-0.2, -0.15) is 5.01 Å². The predicted molar refractivity (Wildman–Crippen MR) is 169 cm³/mol. The lowest BCUT2D eigenvalue weighted by Gasteiger charge is -2.16. The summed E-state index contributed by atoms with van der Waals surface area (Å²) in [5, 5.41) is 4.12. The molecule has 3 amide bonds. The van der Waals surface area contributed by atoms with Gasteiger partial charge in [0, 0.05) is 4.47 Å². The minimum atomic E-state index is -0.551. The van der Waals surface area contributed by atoms with Gasteiger partial charge in [0.25, 0.3) is 17.7 Å². The standard InChI is InChI=1S/C29H25BrClN3O5S2/c1-15-5-7-19(21(31)9-15)27(36)33-34-28(37)25(41-29(34)40)13-18-6-8-23(24(12-18)38-4)39-14-26(35)32-22-11-17(3)16(2)10-20(22)30/h5-13H,14H2,1-4H3,(H,32,35)(H,33,36)/b25-13+. The highest BCUT2D eigenvalue weighted by atomic mass is 79.9. The first-order valence-electron chi connectivity index (χ1n) is 12.2. The van der Waals surface area contributed by atoms with E-state index in [9.17, 15) is 14.4 Å². The summed E-state index contributed by atoms with van der Waals surface area (Å²) in [6, 6.07) is 13.9. The van der Waals surface area contributed by atoms with E-state index in [4.69, 9.17) is 33.3 Å². The van der Waals surface area contributed by atoms with E-state index < -0.39 is 11.8 Å². The Kier molecular flexibility index (Phi) is 9.75. The van der Waals surface area contributed by atoms with Crippen LogP contribution >= 0.6 is 51.5 Å². The molecular weight excluding hydrogens is 650 g/mol. The van der Waals surface area contributed by atoms with Gasteiger partial charge < -0.3 is 14.8 Å². The number of thiocarbonyl (C=S) groups is 1. The van der Waals surface area contributed by atoms with E-state index in [1.807, 2.05) is 32.9 Å². The predicted octanol–water partition coefficient (Wildman–Crippen LogP) is 6.60. The van der Waals surface area contributed by atoms with E-state index in [1.54, 1.807) is 42.5 Å². The topological polar surface area (TPSA) is 97.0 Å². The molecule has 8 nitrogen and oxygen atoms in total. The van der Waals surface area contributed by atoms with E-state index >= 15 is 0 Å². The number of anilines is 1. The second-order valence-corrected chi connectivity index (χ2v) is 12.0. The zero-order chi connectivity index (χ0) is 29.8. The third-order valence-electron chi connectivity index (χ3n) is 6.08. The number of hydrogen-bond acceptors (Lipinski definition) is 7. The number of carbonyl (C=O) groups excluding carboxylic acids is 3. The van der Waals surface area contributed by atoms with Gasteiger partial charge in [-0.05, 0) is 114 Å². The highest BCUT2D eigenvalue weighted by Gasteiger charge is 2.34. The van der Waals surface area contributed by atoms with Crippen LogP contribution in [-0.2, 0) is 9.59 Å². The van der Waals surface area contributed by atoms with Crippen molar-refractivity contribution in [1.82, 2.24) is 10.4 Å². The number of rotatable bonds is 8. The number of ether oxygens (including phenoxy) is 2. The molecule has 1 saturated heterocycles. The molecule has 1 fully saturated rings. The molecule has 41 heavy (non-hydrogen) atoms. The number of hydrazine groups is 1. The molecule has 3 aromatic rings. The number of benzene rings is 3. The van der Waals surface area contributed by atoms with Gasteiger partial charge in [0.2, 0.25) is 0 Å². The molecule has 2 N–H and O–H groups in total. The van der Waals surface area contributed by atoms with Crippen LogP contribution in [0.4, 0.5) is 5.69 Å². The molecular formula is C29H25BrClN3O5S2. The molecule has 0 spiro atoms. The summed E-state index contributed by atoms with van der Waals surface area (Å²) in [6.07, 6.45) is 1.63. The number of amides is 3. The summed E-state index contributed by atoms with van der Waals surface area (Å²) >= 11 is 16.0. The SMILES string of the molecule is COc1cc(/C=C2/SC(=S)N(NC(=O)c3ccc(C)cc3Cl)C2=O)ccc1OCC(=O)Nc1cc(C)c(C)cc1Br. The van der Waals surface area contributed by atoms with Crippen molar-refractivity contribution < 1.29 is 23.9 Å². The highest BCUT2D eigenvalue weighted by Crippen LogP contribution is 2.34. The Morgan fingerprint density at radius 1 is 1.07 bits per heavy atom.